The molecule has 0 aliphatic carbocycles. The van der Waals surface area contributed by atoms with Gasteiger partial charge in [-0.1, -0.05) is 36.4 Å². The molecule has 0 unspecified atom stereocenters. The Morgan fingerprint density at radius 2 is 1.90 bits per heavy atom. The first kappa shape index (κ1) is 12.7. The molecule has 3 aromatic rings. The van der Waals surface area contributed by atoms with Crippen molar-refractivity contribution in [3.8, 4) is 5.75 Å². The Morgan fingerprint density at radius 3 is 2.65 bits per heavy atom. The van der Waals surface area contributed by atoms with Gasteiger partial charge in [-0.2, -0.15) is 4.68 Å². The van der Waals surface area contributed by atoms with Gasteiger partial charge in [0.05, 0.1) is 5.52 Å². The fourth-order valence-corrected chi connectivity index (χ4v) is 2.17. The molecule has 100 valence electrons. The molecule has 0 bridgehead atoms. The summed E-state index contributed by atoms with van der Waals surface area (Å²) < 4.78 is 7.18. The zero-order valence-corrected chi connectivity index (χ0v) is 11.8. The molecule has 0 saturated heterocycles. The Hall–Kier alpha value is -2.27. The van der Waals surface area contributed by atoms with E-state index in [2.05, 4.69) is 17.2 Å². The van der Waals surface area contributed by atoms with Gasteiger partial charge in [-0.15, -0.1) is 5.10 Å². The molecule has 2 aromatic carbocycles. The molecule has 1 heterocycles. The van der Waals surface area contributed by atoms with Crippen LogP contribution in [0.1, 0.15) is 12.5 Å². The van der Waals surface area contributed by atoms with E-state index in [4.69, 9.17) is 17.0 Å². The van der Waals surface area contributed by atoms with Gasteiger partial charge < -0.3 is 4.74 Å². The summed E-state index contributed by atoms with van der Waals surface area (Å²) in [7, 11) is 0. The Labute approximate surface area is 122 Å². The van der Waals surface area contributed by atoms with Crippen LogP contribution in [0.15, 0.2) is 48.5 Å². The lowest BCUT2D eigenvalue weighted by atomic mass is 10.2. The van der Waals surface area contributed by atoms with Crippen LogP contribution in [-0.2, 0) is 6.42 Å². The number of hydrogen-bond acceptors (Lipinski definition) is 4. The molecule has 0 saturated carbocycles. The largest absolute Gasteiger partial charge is 0.430 e. The first-order chi connectivity index (χ1) is 9.78. The van der Waals surface area contributed by atoms with Gasteiger partial charge in [0.15, 0.2) is 0 Å². The van der Waals surface area contributed by atoms with Crippen molar-refractivity contribution in [2.45, 2.75) is 13.3 Å². The minimum absolute atomic E-state index is 0.267. The number of rotatable bonds is 2. The van der Waals surface area contributed by atoms with Gasteiger partial charge in [-0.25, -0.2) is 0 Å². The van der Waals surface area contributed by atoms with E-state index in [0.717, 1.165) is 17.5 Å². The van der Waals surface area contributed by atoms with E-state index in [1.165, 1.54) is 10.2 Å². The second-order valence-electron chi connectivity index (χ2n) is 4.36. The number of hydrogen-bond donors (Lipinski definition) is 0. The summed E-state index contributed by atoms with van der Waals surface area (Å²) in [5, 5.41) is 8.35. The SMILES string of the molecule is CCc1ccc(OC(=S)n2nnc3ccccc32)cc1. The van der Waals surface area contributed by atoms with Crippen LogP contribution in [0.3, 0.4) is 0 Å². The van der Waals surface area contributed by atoms with E-state index >= 15 is 0 Å². The zero-order valence-electron chi connectivity index (χ0n) is 11.0. The molecule has 20 heavy (non-hydrogen) atoms. The van der Waals surface area contributed by atoms with Crippen molar-refractivity contribution in [3.63, 3.8) is 0 Å². The van der Waals surface area contributed by atoms with Gasteiger partial charge in [0.1, 0.15) is 11.3 Å². The molecule has 0 N–H and O–H groups in total. The van der Waals surface area contributed by atoms with Crippen LogP contribution in [0.4, 0.5) is 0 Å². The molecule has 0 fully saturated rings. The van der Waals surface area contributed by atoms with Crippen LogP contribution in [0.5, 0.6) is 5.75 Å². The molecular formula is C15H13N3OS. The van der Waals surface area contributed by atoms with Crippen molar-refractivity contribution in [1.29, 1.82) is 0 Å². The number of fused-ring (bicyclic) bond motifs is 1. The number of aryl methyl sites for hydroxylation is 1. The first-order valence-corrected chi connectivity index (χ1v) is 6.80. The van der Waals surface area contributed by atoms with E-state index in [-0.39, 0.29) is 5.17 Å². The van der Waals surface area contributed by atoms with E-state index in [1.807, 2.05) is 48.5 Å². The average Bonchev–Trinajstić information content (AvgIpc) is 2.92. The lowest BCUT2D eigenvalue weighted by molar-refractivity contribution is 0.528. The molecule has 3 rings (SSSR count). The average molecular weight is 283 g/mol. The van der Waals surface area contributed by atoms with Gasteiger partial charge in [0, 0.05) is 0 Å². The maximum Gasteiger partial charge on any atom is 0.292 e. The third-order valence-electron chi connectivity index (χ3n) is 3.06. The van der Waals surface area contributed by atoms with Crippen molar-refractivity contribution >= 4 is 28.4 Å². The maximum atomic E-state index is 5.66. The zero-order chi connectivity index (χ0) is 13.9. The quantitative estimate of drug-likeness (QED) is 0.677. The van der Waals surface area contributed by atoms with Gasteiger partial charge in [-0.3, -0.25) is 0 Å². The van der Waals surface area contributed by atoms with Crippen LogP contribution in [-0.4, -0.2) is 20.2 Å². The van der Waals surface area contributed by atoms with Crippen LogP contribution in [0.2, 0.25) is 0 Å². The molecule has 0 aliphatic heterocycles. The summed E-state index contributed by atoms with van der Waals surface area (Å²) in [5.41, 5.74) is 2.89. The molecule has 4 nitrogen and oxygen atoms in total. The number of para-hydroxylation sites is 1. The molecule has 0 radical (unpaired) electrons. The monoisotopic (exact) mass is 283 g/mol. The third kappa shape index (κ3) is 2.40. The topological polar surface area (TPSA) is 39.9 Å². The molecule has 1 aromatic heterocycles. The van der Waals surface area contributed by atoms with Gasteiger partial charge in [0.2, 0.25) is 0 Å². The minimum atomic E-state index is 0.267. The van der Waals surface area contributed by atoms with Gasteiger partial charge >= 0.3 is 0 Å². The predicted octanol–water partition coefficient (Wildman–Crippen LogP) is 3.21. The summed E-state index contributed by atoms with van der Waals surface area (Å²) in [4.78, 5) is 0. The minimum Gasteiger partial charge on any atom is -0.430 e. The fourth-order valence-electron chi connectivity index (χ4n) is 1.94. The van der Waals surface area contributed by atoms with E-state index in [9.17, 15) is 0 Å². The van der Waals surface area contributed by atoms with Crippen molar-refractivity contribution < 1.29 is 4.74 Å². The lowest BCUT2D eigenvalue weighted by Crippen LogP contribution is -2.17. The highest BCUT2D eigenvalue weighted by Gasteiger charge is 2.10. The maximum absolute atomic E-state index is 5.66. The standard InChI is InChI=1S/C15H13N3OS/c1-2-11-7-9-12(10-8-11)19-15(20)18-14-6-4-3-5-13(14)16-17-18/h3-10H,2H2,1H3. The molecule has 5 heteroatoms. The smallest absolute Gasteiger partial charge is 0.292 e. The Kier molecular flexibility index (Phi) is 3.43. The van der Waals surface area contributed by atoms with Gasteiger partial charge in [-0.05, 0) is 48.5 Å². The van der Waals surface area contributed by atoms with Crippen LogP contribution in [0.25, 0.3) is 11.0 Å². The first-order valence-electron chi connectivity index (χ1n) is 6.39. The molecule has 0 amide bonds. The summed E-state index contributed by atoms with van der Waals surface area (Å²) in [6, 6.07) is 15.5. The fraction of sp³-hybridized carbons (Fsp3) is 0.133. The summed E-state index contributed by atoms with van der Waals surface area (Å²) >= 11 is 5.28. The lowest BCUT2D eigenvalue weighted by Gasteiger charge is -2.07. The molecule has 0 aliphatic rings. The van der Waals surface area contributed by atoms with E-state index < -0.39 is 0 Å². The molecule has 0 spiro atoms. The predicted molar refractivity (Wildman–Crippen MR) is 82.0 cm³/mol. The van der Waals surface area contributed by atoms with Crippen molar-refractivity contribution in [3.05, 3.63) is 54.1 Å². The number of ether oxygens (including phenoxy) is 1. The normalized spacial score (nSPS) is 10.7. The highest BCUT2D eigenvalue weighted by atomic mass is 32.1. The second kappa shape index (κ2) is 5.38. The third-order valence-corrected chi connectivity index (χ3v) is 3.32. The number of thiocarbonyl (C=S) groups is 1. The van der Waals surface area contributed by atoms with E-state index in [1.54, 1.807) is 0 Å². The Balaban J connectivity index is 1.85. The summed E-state index contributed by atoms with van der Waals surface area (Å²) in [6.07, 6.45) is 0.998. The molecular weight excluding hydrogens is 270 g/mol. The van der Waals surface area contributed by atoms with Crippen molar-refractivity contribution in [2.75, 3.05) is 0 Å². The molecule has 0 atom stereocenters. The van der Waals surface area contributed by atoms with Crippen molar-refractivity contribution in [1.82, 2.24) is 15.0 Å². The Bertz CT molecular complexity index is 749. The van der Waals surface area contributed by atoms with Crippen LogP contribution in [0, 0.1) is 0 Å². The van der Waals surface area contributed by atoms with Crippen molar-refractivity contribution in [2.24, 2.45) is 0 Å². The second-order valence-corrected chi connectivity index (χ2v) is 4.70. The van der Waals surface area contributed by atoms with Gasteiger partial charge in [0.25, 0.3) is 5.17 Å². The Morgan fingerprint density at radius 1 is 1.15 bits per heavy atom. The van der Waals surface area contributed by atoms with Crippen LogP contribution >= 0.6 is 12.2 Å². The number of aromatic nitrogens is 3. The van der Waals surface area contributed by atoms with Crippen LogP contribution < -0.4 is 4.74 Å². The van der Waals surface area contributed by atoms with E-state index in [0.29, 0.717) is 5.75 Å². The highest BCUT2D eigenvalue weighted by molar-refractivity contribution is 7.80. The number of benzene rings is 2. The summed E-state index contributed by atoms with van der Waals surface area (Å²) in [5.74, 6) is 0.701. The number of nitrogens with zero attached hydrogens (tertiary/aromatic N) is 3. The summed E-state index contributed by atoms with van der Waals surface area (Å²) in [6.45, 7) is 2.11. The highest BCUT2D eigenvalue weighted by Crippen LogP contribution is 2.15.